The molecule has 16 rings (SSSR count). The quantitative estimate of drug-likeness (QED) is 0.133. The topological polar surface area (TPSA) is 0 Å². The van der Waals surface area contributed by atoms with Crippen LogP contribution in [-0.2, 0) is 0 Å². The summed E-state index contributed by atoms with van der Waals surface area (Å²) in [6, 6.07) is 118. The van der Waals surface area contributed by atoms with Crippen molar-refractivity contribution in [3.63, 3.8) is 0 Å². The van der Waals surface area contributed by atoms with Crippen LogP contribution in [0.25, 0.3) is 164 Å². The van der Waals surface area contributed by atoms with Crippen LogP contribution >= 0.6 is 0 Å². The van der Waals surface area contributed by atoms with Crippen LogP contribution in [0.5, 0.6) is 0 Å². The number of hydrogen-bond acceptors (Lipinski definition) is 0. The fourth-order valence-corrected chi connectivity index (χ4v) is 13.2. The highest BCUT2D eigenvalue weighted by Crippen LogP contribution is 2.47. The predicted molar refractivity (Wildman–Crippen MR) is 352 cm³/mol. The van der Waals surface area contributed by atoms with Crippen LogP contribution in [0.3, 0.4) is 0 Å². The lowest BCUT2D eigenvalue weighted by Crippen LogP contribution is -1.92. The van der Waals surface area contributed by atoms with Crippen LogP contribution in [0.4, 0.5) is 0 Å². The van der Waals surface area contributed by atoms with Gasteiger partial charge in [-0.25, -0.2) is 0 Å². The van der Waals surface area contributed by atoms with Gasteiger partial charge in [0.15, 0.2) is 0 Å². The van der Waals surface area contributed by atoms with Gasteiger partial charge >= 0.3 is 0 Å². The Balaban J connectivity index is 0.942. The second-order valence-electron chi connectivity index (χ2n) is 21.9. The van der Waals surface area contributed by atoms with Crippen molar-refractivity contribution in [2.75, 3.05) is 0 Å². The summed E-state index contributed by atoms with van der Waals surface area (Å²) in [6.07, 6.45) is 0. The molecule has 0 aliphatic carbocycles. The Morgan fingerprint density at radius 1 is 0.110 bits per heavy atom. The summed E-state index contributed by atoms with van der Waals surface area (Å²) >= 11 is 0. The van der Waals surface area contributed by atoms with E-state index in [-0.39, 0.29) is 0 Å². The molecule has 0 saturated carbocycles. The van der Waals surface area contributed by atoms with Crippen molar-refractivity contribution in [1.82, 2.24) is 0 Å². The maximum Gasteiger partial charge on any atom is -0.00923 e. The Kier molecular flexibility index (Phi) is 11.3. The highest BCUT2D eigenvalue weighted by Gasteiger charge is 2.20. The lowest BCUT2D eigenvalue weighted by Gasteiger charge is -2.19. The monoisotopic (exact) mass is 1040 g/mol. The Hall–Kier alpha value is -10.7. The Morgan fingerprint density at radius 2 is 0.341 bits per heavy atom. The largest absolute Gasteiger partial charge is 0.0622 e. The van der Waals surface area contributed by atoms with Crippen molar-refractivity contribution in [2.45, 2.75) is 0 Å². The molecular formula is C82H52. The molecular weight excluding hydrogens is 985 g/mol. The molecule has 0 nitrogen and oxygen atoms in total. The predicted octanol–water partition coefficient (Wildman–Crippen LogP) is 23.1. The summed E-state index contributed by atoms with van der Waals surface area (Å²) in [5.74, 6) is 0. The molecule has 0 spiro atoms. The summed E-state index contributed by atoms with van der Waals surface area (Å²) in [5, 5.41) is 17.4. The second kappa shape index (κ2) is 19.6. The molecule has 16 aromatic rings. The molecule has 0 bridgehead atoms. The highest BCUT2D eigenvalue weighted by atomic mass is 14.2. The highest BCUT2D eigenvalue weighted by molar-refractivity contribution is 6.24. The number of rotatable bonds is 8. The molecule has 0 heterocycles. The zero-order valence-electron chi connectivity index (χ0n) is 45.0. The van der Waals surface area contributed by atoms with E-state index in [0.717, 1.165) is 0 Å². The fraction of sp³-hybridized carbons (Fsp3) is 0. The molecule has 0 aliphatic heterocycles. The first-order valence-corrected chi connectivity index (χ1v) is 28.5. The van der Waals surface area contributed by atoms with E-state index in [1.807, 2.05) is 0 Å². The van der Waals surface area contributed by atoms with Crippen molar-refractivity contribution in [1.29, 1.82) is 0 Å². The van der Waals surface area contributed by atoms with Gasteiger partial charge in [0.25, 0.3) is 0 Å². The standard InChI is InChI=1S/C82H52/c1-3-21-53(22-4-1)55-27-19-29-57(41-55)61-43-63(77-49-59-25-7-9-31-67(59)69-33-11-13-35-71(69)77)47-65(45-61)79-51-81-76-40-18-16-38-74(76)80(52-82(81)75-39-17-15-37-73(75)79)66-46-62(58-30-20-28-56(42-58)54-23-5-2-6-24-54)44-64(48-66)78-50-60-26-8-10-32-68(60)70-34-12-14-36-72(70)78/h1-52H. The minimum absolute atomic E-state index is 1.18. The third-order valence-corrected chi connectivity index (χ3v) is 17.1. The maximum atomic E-state index is 2.49. The summed E-state index contributed by atoms with van der Waals surface area (Å²) < 4.78 is 0. The number of fused-ring (bicyclic) bond motifs is 11. The molecule has 16 aromatic carbocycles. The van der Waals surface area contributed by atoms with E-state index in [2.05, 4.69) is 315 Å². The first kappa shape index (κ1) is 47.3. The Bertz CT molecular complexity index is 4870. The molecule has 0 fully saturated rings. The van der Waals surface area contributed by atoms with Crippen molar-refractivity contribution < 1.29 is 0 Å². The molecule has 0 aromatic heterocycles. The van der Waals surface area contributed by atoms with E-state index in [1.54, 1.807) is 0 Å². The number of hydrogen-bond donors (Lipinski definition) is 0. The van der Waals surface area contributed by atoms with Crippen LogP contribution in [0, 0.1) is 0 Å². The van der Waals surface area contributed by atoms with Crippen LogP contribution in [0.2, 0.25) is 0 Å². The lowest BCUT2D eigenvalue weighted by atomic mass is 9.84. The van der Waals surface area contributed by atoms with Crippen LogP contribution in [0.1, 0.15) is 0 Å². The average Bonchev–Trinajstić information content (AvgIpc) is 3.58. The molecule has 0 aliphatic rings. The van der Waals surface area contributed by atoms with Crippen molar-refractivity contribution in [3.8, 4) is 89.0 Å². The first-order valence-electron chi connectivity index (χ1n) is 28.5. The third-order valence-electron chi connectivity index (χ3n) is 17.1. The lowest BCUT2D eigenvalue weighted by molar-refractivity contribution is 1.57. The van der Waals surface area contributed by atoms with Gasteiger partial charge in [0.05, 0.1) is 0 Å². The Morgan fingerprint density at radius 3 is 0.695 bits per heavy atom. The van der Waals surface area contributed by atoms with E-state index in [0.29, 0.717) is 0 Å². The molecule has 0 heteroatoms. The van der Waals surface area contributed by atoms with Gasteiger partial charge in [-0.3, -0.25) is 0 Å². The maximum absolute atomic E-state index is 2.49. The molecule has 0 radical (unpaired) electrons. The van der Waals surface area contributed by atoms with Gasteiger partial charge in [-0.2, -0.15) is 0 Å². The zero-order chi connectivity index (χ0) is 54.1. The Labute approximate surface area is 477 Å². The van der Waals surface area contributed by atoms with E-state index in [4.69, 9.17) is 0 Å². The number of benzene rings is 16. The van der Waals surface area contributed by atoms with Crippen molar-refractivity contribution in [2.24, 2.45) is 0 Å². The smallest absolute Gasteiger partial charge is 0.00923 e. The van der Waals surface area contributed by atoms with Gasteiger partial charge in [-0.1, -0.05) is 243 Å². The normalized spacial score (nSPS) is 11.7. The molecule has 0 saturated heterocycles. The van der Waals surface area contributed by atoms with E-state index >= 15 is 0 Å². The van der Waals surface area contributed by atoms with E-state index < -0.39 is 0 Å². The summed E-state index contributed by atoms with van der Waals surface area (Å²) in [4.78, 5) is 0. The SMILES string of the molecule is c1ccc(-c2cccc(-c3cc(-c4cc5ccccc5c5ccccc45)cc(-c4cc5c6ccccc6c(-c6cc(-c7cccc(-c8ccccc8)c7)cc(-c7cc8ccccc8c8ccccc78)c6)cc5c5ccccc45)c3)c2)cc1. The van der Waals surface area contributed by atoms with Gasteiger partial charge in [-0.15, -0.1) is 0 Å². The minimum Gasteiger partial charge on any atom is -0.0622 e. The van der Waals surface area contributed by atoms with Crippen LogP contribution in [-0.4, -0.2) is 0 Å². The van der Waals surface area contributed by atoms with Gasteiger partial charge in [-0.05, 0) is 237 Å². The molecule has 82 heavy (non-hydrogen) atoms. The van der Waals surface area contributed by atoms with Gasteiger partial charge in [0.2, 0.25) is 0 Å². The summed E-state index contributed by atoms with van der Waals surface area (Å²) in [5.41, 5.74) is 19.1. The first-order chi connectivity index (χ1) is 40.6. The average molecular weight is 1040 g/mol. The van der Waals surface area contributed by atoms with Crippen LogP contribution in [0.15, 0.2) is 315 Å². The van der Waals surface area contributed by atoms with Gasteiger partial charge < -0.3 is 0 Å². The molecule has 0 amide bonds. The van der Waals surface area contributed by atoms with E-state index in [9.17, 15) is 0 Å². The molecule has 0 N–H and O–H groups in total. The third kappa shape index (κ3) is 8.15. The fourth-order valence-electron chi connectivity index (χ4n) is 13.2. The molecule has 0 unspecified atom stereocenters. The van der Waals surface area contributed by atoms with Crippen molar-refractivity contribution in [3.05, 3.63) is 315 Å². The summed E-state index contributed by atoms with van der Waals surface area (Å²) in [6.45, 7) is 0. The minimum atomic E-state index is 1.18. The molecule has 380 valence electrons. The second-order valence-corrected chi connectivity index (χ2v) is 21.9. The van der Waals surface area contributed by atoms with Gasteiger partial charge in [0, 0.05) is 0 Å². The molecule has 0 atom stereocenters. The van der Waals surface area contributed by atoms with Gasteiger partial charge in [0.1, 0.15) is 0 Å². The summed E-state index contributed by atoms with van der Waals surface area (Å²) in [7, 11) is 0. The zero-order valence-corrected chi connectivity index (χ0v) is 45.0. The van der Waals surface area contributed by atoms with E-state index in [1.165, 1.54) is 164 Å². The van der Waals surface area contributed by atoms with Crippen LogP contribution < -0.4 is 0 Å². The van der Waals surface area contributed by atoms with Crippen molar-refractivity contribution >= 4 is 75.4 Å².